The Morgan fingerprint density at radius 1 is 0.938 bits per heavy atom. The summed E-state index contributed by atoms with van der Waals surface area (Å²) in [6, 6.07) is 10.7. The summed E-state index contributed by atoms with van der Waals surface area (Å²) in [6.07, 6.45) is 0. The number of hydrogen-bond donors (Lipinski definition) is 1. The average Bonchev–Trinajstić information content (AvgIpc) is 2.30. The van der Waals surface area contributed by atoms with Crippen LogP contribution in [-0.4, -0.2) is 0 Å². The number of rotatable bonds is 2. The highest BCUT2D eigenvalue weighted by molar-refractivity contribution is 5.67. The third-order valence-electron chi connectivity index (χ3n) is 2.48. The Morgan fingerprint density at radius 3 is 2.25 bits per heavy atom. The van der Waals surface area contributed by atoms with Crippen LogP contribution in [0, 0.1) is 11.6 Å². The molecule has 2 N–H and O–H groups in total. The van der Waals surface area contributed by atoms with E-state index in [1.54, 1.807) is 24.3 Å². The molecule has 0 aliphatic carbocycles. The van der Waals surface area contributed by atoms with Crippen LogP contribution in [0.4, 0.5) is 8.78 Å². The molecule has 0 fully saturated rings. The van der Waals surface area contributed by atoms with E-state index < -0.39 is 0 Å². The molecule has 0 atom stereocenters. The highest BCUT2D eigenvalue weighted by Crippen LogP contribution is 2.25. The van der Waals surface area contributed by atoms with Crippen molar-refractivity contribution in [1.82, 2.24) is 0 Å². The van der Waals surface area contributed by atoms with Gasteiger partial charge in [0.15, 0.2) is 0 Å². The molecule has 0 unspecified atom stereocenters. The fourth-order valence-corrected chi connectivity index (χ4v) is 1.67. The number of benzene rings is 2. The largest absolute Gasteiger partial charge is 0.326 e. The van der Waals surface area contributed by atoms with Crippen LogP contribution in [0.2, 0.25) is 0 Å². The fourth-order valence-electron chi connectivity index (χ4n) is 1.67. The zero-order valence-corrected chi connectivity index (χ0v) is 8.58. The molecule has 0 spiro atoms. The van der Waals surface area contributed by atoms with E-state index in [1.165, 1.54) is 18.2 Å². The topological polar surface area (TPSA) is 26.0 Å². The Kier molecular flexibility index (Phi) is 2.97. The van der Waals surface area contributed by atoms with Gasteiger partial charge in [-0.05, 0) is 29.3 Å². The van der Waals surface area contributed by atoms with Gasteiger partial charge in [0.1, 0.15) is 11.6 Å². The monoisotopic (exact) mass is 219 g/mol. The Morgan fingerprint density at radius 2 is 1.62 bits per heavy atom. The highest BCUT2D eigenvalue weighted by Gasteiger charge is 2.08. The first kappa shape index (κ1) is 10.8. The number of nitrogens with two attached hydrogens (primary N) is 1. The molecular weight excluding hydrogens is 208 g/mol. The lowest BCUT2D eigenvalue weighted by Crippen LogP contribution is -2.02. The summed E-state index contributed by atoms with van der Waals surface area (Å²) in [5, 5.41) is 0. The third kappa shape index (κ3) is 1.95. The van der Waals surface area contributed by atoms with Crippen LogP contribution in [0.25, 0.3) is 11.1 Å². The Balaban J connectivity index is 2.55. The van der Waals surface area contributed by atoms with Crippen molar-refractivity contribution in [2.24, 2.45) is 5.73 Å². The van der Waals surface area contributed by atoms with E-state index in [-0.39, 0.29) is 18.2 Å². The molecule has 0 radical (unpaired) electrons. The first-order valence-electron chi connectivity index (χ1n) is 4.96. The number of halogens is 2. The fraction of sp³-hybridized carbons (Fsp3) is 0.0769. The molecule has 1 nitrogen and oxygen atoms in total. The van der Waals surface area contributed by atoms with Gasteiger partial charge in [0.25, 0.3) is 0 Å². The summed E-state index contributed by atoms with van der Waals surface area (Å²) in [7, 11) is 0. The Hall–Kier alpha value is -1.74. The lowest BCUT2D eigenvalue weighted by atomic mass is 9.99. The molecule has 0 aliphatic heterocycles. The number of hydrogen-bond acceptors (Lipinski definition) is 1. The zero-order valence-electron chi connectivity index (χ0n) is 8.58. The maximum atomic E-state index is 13.5. The van der Waals surface area contributed by atoms with Gasteiger partial charge in [0, 0.05) is 12.1 Å². The molecule has 16 heavy (non-hydrogen) atoms. The van der Waals surface area contributed by atoms with Gasteiger partial charge >= 0.3 is 0 Å². The quantitative estimate of drug-likeness (QED) is 0.825. The molecule has 0 heterocycles. The van der Waals surface area contributed by atoms with Crippen molar-refractivity contribution < 1.29 is 8.78 Å². The van der Waals surface area contributed by atoms with Crippen LogP contribution in [-0.2, 0) is 6.54 Å². The molecule has 2 rings (SSSR count). The van der Waals surface area contributed by atoms with E-state index in [4.69, 9.17) is 5.73 Å². The first-order valence-corrected chi connectivity index (χ1v) is 4.96. The summed E-state index contributed by atoms with van der Waals surface area (Å²) in [5.41, 5.74) is 7.43. The normalized spacial score (nSPS) is 10.4. The van der Waals surface area contributed by atoms with Crippen molar-refractivity contribution >= 4 is 0 Å². The van der Waals surface area contributed by atoms with Gasteiger partial charge in [-0.25, -0.2) is 8.78 Å². The van der Waals surface area contributed by atoms with Crippen molar-refractivity contribution in [2.45, 2.75) is 6.54 Å². The van der Waals surface area contributed by atoms with Crippen molar-refractivity contribution in [3.63, 3.8) is 0 Å². The van der Waals surface area contributed by atoms with E-state index in [0.29, 0.717) is 11.1 Å². The zero-order chi connectivity index (χ0) is 11.5. The van der Waals surface area contributed by atoms with Gasteiger partial charge in [-0.15, -0.1) is 0 Å². The van der Waals surface area contributed by atoms with Gasteiger partial charge in [0.05, 0.1) is 0 Å². The summed E-state index contributed by atoms with van der Waals surface area (Å²) in [4.78, 5) is 0. The molecular formula is C13H11F2N. The predicted octanol–water partition coefficient (Wildman–Crippen LogP) is 3.09. The van der Waals surface area contributed by atoms with Crippen molar-refractivity contribution in [3.8, 4) is 11.1 Å². The van der Waals surface area contributed by atoms with E-state index in [1.807, 2.05) is 0 Å². The summed E-state index contributed by atoms with van der Waals surface area (Å²) in [6.45, 7) is 0.124. The predicted molar refractivity (Wildman–Crippen MR) is 59.7 cm³/mol. The van der Waals surface area contributed by atoms with Crippen molar-refractivity contribution in [3.05, 3.63) is 59.7 Å². The second kappa shape index (κ2) is 4.41. The average molecular weight is 219 g/mol. The molecule has 82 valence electrons. The molecule has 0 aliphatic rings. The van der Waals surface area contributed by atoms with E-state index in [0.717, 1.165) is 5.56 Å². The van der Waals surface area contributed by atoms with Gasteiger partial charge in [-0.2, -0.15) is 0 Å². The molecule has 3 heteroatoms. The lowest BCUT2D eigenvalue weighted by Gasteiger charge is -2.08. The van der Waals surface area contributed by atoms with Crippen LogP contribution in [0.1, 0.15) is 5.56 Å². The third-order valence-corrected chi connectivity index (χ3v) is 2.48. The van der Waals surface area contributed by atoms with Crippen LogP contribution in [0.5, 0.6) is 0 Å². The standard InChI is InChI=1S/C13H11F2N/c14-10-6-4-9(5-7-10)11-2-1-3-13(15)12(11)8-16/h1-7H,8,16H2. The second-order valence-corrected chi connectivity index (χ2v) is 3.48. The molecule has 2 aromatic rings. The smallest absolute Gasteiger partial charge is 0.128 e. The van der Waals surface area contributed by atoms with Gasteiger partial charge in [-0.3, -0.25) is 0 Å². The summed E-state index contributed by atoms with van der Waals surface area (Å²) < 4.78 is 26.2. The van der Waals surface area contributed by atoms with Crippen LogP contribution in [0.3, 0.4) is 0 Å². The molecule has 0 bridgehead atoms. The van der Waals surface area contributed by atoms with Crippen LogP contribution >= 0.6 is 0 Å². The molecule has 0 saturated heterocycles. The minimum absolute atomic E-state index is 0.124. The summed E-state index contributed by atoms with van der Waals surface area (Å²) >= 11 is 0. The second-order valence-electron chi connectivity index (χ2n) is 3.48. The minimum atomic E-state index is -0.329. The van der Waals surface area contributed by atoms with Crippen molar-refractivity contribution in [1.29, 1.82) is 0 Å². The minimum Gasteiger partial charge on any atom is -0.326 e. The Bertz CT molecular complexity index is 492. The Labute approximate surface area is 92.5 Å². The maximum absolute atomic E-state index is 13.5. The summed E-state index contributed by atoms with van der Waals surface area (Å²) in [5.74, 6) is -0.640. The van der Waals surface area contributed by atoms with E-state index in [9.17, 15) is 8.78 Å². The lowest BCUT2D eigenvalue weighted by molar-refractivity contribution is 0.611. The van der Waals surface area contributed by atoms with Gasteiger partial charge < -0.3 is 5.73 Å². The van der Waals surface area contributed by atoms with Gasteiger partial charge in [0.2, 0.25) is 0 Å². The molecule has 0 saturated carbocycles. The molecule has 2 aromatic carbocycles. The highest BCUT2D eigenvalue weighted by atomic mass is 19.1. The van der Waals surface area contributed by atoms with Crippen LogP contribution in [0.15, 0.2) is 42.5 Å². The van der Waals surface area contributed by atoms with Crippen LogP contribution < -0.4 is 5.73 Å². The van der Waals surface area contributed by atoms with Crippen molar-refractivity contribution in [2.75, 3.05) is 0 Å². The molecule has 0 amide bonds. The molecule has 0 aromatic heterocycles. The van der Waals surface area contributed by atoms with Gasteiger partial charge in [-0.1, -0.05) is 24.3 Å². The SMILES string of the molecule is NCc1c(F)cccc1-c1ccc(F)cc1. The van der Waals surface area contributed by atoms with E-state index in [2.05, 4.69) is 0 Å². The first-order chi connectivity index (χ1) is 7.72. The maximum Gasteiger partial charge on any atom is 0.128 e. The van der Waals surface area contributed by atoms with E-state index >= 15 is 0 Å².